The van der Waals surface area contributed by atoms with Crippen molar-refractivity contribution in [1.29, 1.82) is 0 Å². The molecule has 0 heterocycles. The van der Waals surface area contributed by atoms with Crippen LogP contribution in [0.5, 0.6) is 5.75 Å². The van der Waals surface area contributed by atoms with E-state index < -0.39 is 46.1 Å². The molecule has 3 aromatic carbocycles. The summed E-state index contributed by atoms with van der Waals surface area (Å²) < 4.78 is 61.2. The second kappa shape index (κ2) is 14.1. The van der Waals surface area contributed by atoms with Crippen molar-refractivity contribution < 1.29 is 31.5 Å². The van der Waals surface area contributed by atoms with Gasteiger partial charge in [-0.2, -0.15) is 0 Å². The van der Waals surface area contributed by atoms with Crippen LogP contribution in [-0.4, -0.2) is 50.9 Å². The van der Waals surface area contributed by atoms with Crippen LogP contribution in [0.3, 0.4) is 0 Å². The molecule has 0 aromatic heterocycles. The number of carbonyl (C=O) groups is 2. The van der Waals surface area contributed by atoms with Crippen molar-refractivity contribution in [2.24, 2.45) is 5.92 Å². The van der Waals surface area contributed by atoms with E-state index >= 15 is 0 Å². The molecule has 0 aliphatic heterocycles. The van der Waals surface area contributed by atoms with Gasteiger partial charge in [0.05, 0.1) is 17.2 Å². The number of nitrogens with one attached hydrogen (secondary N) is 1. The molecule has 1 atom stereocenters. The van der Waals surface area contributed by atoms with Crippen LogP contribution < -0.4 is 14.4 Å². The summed E-state index contributed by atoms with van der Waals surface area (Å²) in [6.07, 6.45) is 0. The number of halogens is 2. The summed E-state index contributed by atoms with van der Waals surface area (Å²) in [6.45, 7) is 7.23. The molecule has 0 saturated heterocycles. The summed E-state index contributed by atoms with van der Waals surface area (Å²) in [5, 5.41) is 2.80. The fraction of sp³-hybridized carbons (Fsp3) is 0.333. The van der Waals surface area contributed by atoms with Gasteiger partial charge in [0, 0.05) is 13.1 Å². The lowest BCUT2D eigenvalue weighted by molar-refractivity contribution is -0.139. The fourth-order valence-electron chi connectivity index (χ4n) is 3.96. The lowest BCUT2D eigenvalue weighted by atomic mass is 10.1. The number of hydrogen-bond donors (Lipinski definition) is 1. The quantitative estimate of drug-likeness (QED) is 0.312. The smallest absolute Gasteiger partial charge is 0.264 e. The molecule has 3 aromatic rings. The number of rotatable bonds is 13. The third-order valence-electron chi connectivity index (χ3n) is 6.23. The van der Waals surface area contributed by atoms with E-state index in [0.717, 1.165) is 16.4 Å². The molecule has 8 nitrogen and oxygen atoms in total. The van der Waals surface area contributed by atoms with Gasteiger partial charge in [-0.15, -0.1) is 0 Å². The molecule has 0 aliphatic carbocycles. The Morgan fingerprint density at radius 3 is 1.98 bits per heavy atom. The summed E-state index contributed by atoms with van der Waals surface area (Å²) in [4.78, 5) is 28.0. The van der Waals surface area contributed by atoms with Crippen LogP contribution in [0.2, 0.25) is 0 Å². The Labute approximate surface area is 240 Å². The Morgan fingerprint density at radius 1 is 0.878 bits per heavy atom. The summed E-state index contributed by atoms with van der Waals surface area (Å²) >= 11 is 0. The lowest BCUT2D eigenvalue weighted by Gasteiger charge is -2.32. The molecule has 0 saturated carbocycles. The van der Waals surface area contributed by atoms with E-state index in [9.17, 15) is 26.8 Å². The second-order valence-electron chi connectivity index (χ2n) is 9.86. The van der Waals surface area contributed by atoms with Crippen molar-refractivity contribution in [3.05, 3.63) is 90.0 Å². The number of ether oxygens (including phenoxy) is 1. The van der Waals surface area contributed by atoms with Crippen LogP contribution >= 0.6 is 0 Å². The molecule has 1 N–H and O–H groups in total. The molecule has 3 rings (SSSR count). The van der Waals surface area contributed by atoms with Gasteiger partial charge < -0.3 is 15.0 Å². The van der Waals surface area contributed by atoms with Crippen LogP contribution in [0.1, 0.15) is 33.3 Å². The minimum absolute atomic E-state index is 0.0623. The molecule has 0 spiro atoms. The van der Waals surface area contributed by atoms with Gasteiger partial charge in [-0.25, -0.2) is 17.2 Å². The molecule has 0 bridgehead atoms. The molecule has 0 unspecified atom stereocenters. The molecule has 0 radical (unpaired) electrons. The van der Waals surface area contributed by atoms with E-state index in [0.29, 0.717) is 24.5 Å². The predicted molar refractivity (Wildman–Crippen MR) is 153 cm³/mol. The highest BCUT2D eigenvalue weighted by molar-refractivity contribution is 7.92. The molecular formula is C30H35F2N3O5S. The molecule has 220 valence electrons. The van der Waals surface area contributed by atoms with Gasteiger partial charge in [0.2, 0.25) is 11.8 Å². The average Bonchev–Trinajstić information content (AvgIpc) is 2.94. The van der Waals surface area contributed by atoms with Gasteiger partial charge in [0.25, 0.3) is 10.0 Å². The maximum Gasteiger partial charge on any atom is 0.264 e. The molecule has 41 heavy (non-hydrogen) atoms. The third-order valence-corrected chi connectivity index (χ3v) is 8.02. The maximum absolute atomic E-state index is 13.8. The van der Waals surface area contributed by atoms with Gasteiger partial charge >= 0.3 is 0 Å². The van der Waals surface area contributed by atoms with Crippen molar-refractivity contribution in [2.45, 2.75) is 45.2 Å². The predicted octanol–water partition coefficient (Wildman–Crippen LogP) is 4.75. The SMILES string of the molecule is CCOc1ccc(S(=O)(=O)N(CC(=O)N(Cc2ccc(F)cc2)[C@@H](C)C(=O)NCC(C)C)c2ccc(F)cc2)cc1. The van der Waals surface area contributed by atoms with Crippen LogP contribution in [-0.2, 0) is 26.2 Å². The van der Waals surface area contributed by atoms with Crippen LogP contribution in [0.25, 0.3) is 0 Å². The lowest BCUT2D eigenvalue weighted by Crippen LogP contribution is -2.51. The summed E-state index contributed by atoms with van der Waals surface area (Å²) in [7, 11) is -4.32. The van der Waals surface area contributed by atoms with E-state index in [-0.39, 0.29) is 23.0 Å². The Balaban J connectivity index is 1.99. The highest BCUT2D eigenvalue weighted by atomic mass is 32.2. The first-order chi connectivity index (χ1) is 19.4. The summed E-state index contributed by atoms with van der Waals surface area (Å²) in [5.41, 5.74) is 0.609. The van der Waals surface area contributed by atoms with Crippen LogP contribution in [0.15, 0.2) is 77.7 Å². The first-order valence-electron chi connectivity index (χ1n) is 13.2. The number of nitrogens with zero attached hydrogens (tertiary/aromatic N) is 2. The van der Waals surface area contributed by atoms with E-state index in [1.165, 1.54) is 65.6 Å². The largest absolute Gasteiger partial charge is 0.494 e. The Bertz CT molecular complexity index is 1410. The topological polar surface area (TPSA) is 96.0 Å². The van der Waals surface area contributed by atoms with Crippen molar-refractivity contribution in [1.82, 2.24) is 10.2 Å². The zero-order valence-electron chi connectivity index (χ0n) is 23.5. The first-order valence-corrected chi connectivity index (χ1v) is 14.7. The van der Waals surface area contributed by atoms with E-state index in [2.05, 4.69) is 5.32 Å². The maximum atomic E-state index is 13.8. The van der Waals surface area contributed by atoms with Gasteiger partial charge in [0.15, 0.2) is 0 Å². The van der Waals surface area contributed by atoms with E-state index in [1.54, 1.807) is 13.8 Å². The number of anilines is 1. The number of hydrogen-bond acceptors (Lipinski definition) is 5. The standard InChI is InChI=1S/C30H35F2N3O5S/c1-5-40-27-14-16-28(17-15-27)41(38,39)35(26-12-10-25(32)11-13-26)20-29(36)34(19-23-6-8-24(31)9-7-23)22(4)30(37)33-18-21(2)3/h6-17,21-22H,5,18-20H2,1-4H3,(H,33,37)/t22-/m0/s1. The van der Waals surface area contributed by atoms with Crippen LogP contribution in [0, 0.1) is 17.6 Å². The minimum atomic E-state index is -4.32. The highest BCUT2D eigenvalue weighted by Gasteiger charge is 2.32. The van der Waals surface area contributed by atoms with Gasteiger partial charge in [-0.3, -0.25) is 13.9 Å². The Kier molecular flexibility index (Phi) is 10.8. The van der Waals surface area contributed by atoms with Crippen molar-refractivity contribution in [3.63, 3.8) is 0 Å². The van der Waals surface area contributed by atoms with Gasteiger partial charge in [-0.05, 0) is 86.0 Å². The van der Waals surface area contributed by atoms with E-state index in [1.807, 2.05) is 13.8 Å². The Morgan fingerprint density at radius 2 is 1.44 bits per heavy atom. The average molecular weight is 588 g/mol. The molecule has 2 amide bonds. The number of amides is 2. The van der Waals surface area contributed by atoms with Gasteiger partial charge in [-0.1, -0.05) is 26.0 Å². The van der Waals surface area contributed by atoms with Crippen molar-refractivity contribution >= 4 is 27.5 Å². The summed E-state index contributed by atoms with van der Waals surface area (Å²) in [5.74, 6) is -1.49. The number of sulfonamides is 1. The summed E-state index contributed by atoms with van der Waals surface area (Å²) in [6, 6.07) is 14.9. The molecule has 0 fully saturated rings. The highest BCUT2D eigenvalue weighted by Crippen LogP contribution is 2.26. The normalized spacial score (nSPS) is 12.1. The Hall–Kier alpha value is -3.99. The number of carbonyl (C=O) groups excluding carboxylic acids is 2. The number of benzene rings is 3. The molecule has 11 heteroatoms. The van der Waals surface area contributed by atoms with Crippen molar-refractivity contribution in [3.8, 4) is 5.75 Å². The fourth-order valence-corrected chi connectivity index (χ4v) is 5.37. The monoisotopic (exact) mass is 587 g/mol. The van der Waals surface area contributed by atoms with Gasteiger partial charge in [0.1, 0.15) is 30.0 Å². The third kappa shape index (κ3) is 8.50. The van der Waals surface area contributed by atoms with Crippen molar-refractivity contribution in [2.75, 3.05) is 24.0 Å². The zero-order chi connectivity index (χ0) is 30.2. The minimum Gasteiger partial charge on any atom is -0.494 e. The molecular weight excluding hydrogens is 552 g/mol. The zero-order valence-corrected chi connectivity index (χ0v) is 24.3. The second-order valence-corrected chi connectivity index (χ2v) is 11.7. The van der Waals surface area contributed by atoms with Crippen LogP contribution in [0.4, 0.5) is 14.5 Å². The van der Waals surface area contributed by atoms with E-state index in [4.69, 9.17) is 4.74 Å². The molecule has 0 aliphatic rings. The first kappa shape index (κ1) is 31.5.